The second-order valence-electron chi connectivity index (χ2n) is 2.55. The van der Waals surface area contributed by atoms with Gasteiger partial charge < -0.3 is 9.47 Å². The van der Waals surface area contributed by atoms with Crippen LogP contribution in [0.2, 0.25) is 0 Å². The molecule has 6 heteroatoms. The van der Waals surface area contributed by atoms with Crippen LogP contribution in [0.25, 0.3) is 0 Å². The van der Waals surface area contributed by atoms with Crippen LogP contribution >= 0.6 is 0 Å². The Labute approximate surface area is 88.8 Å². The molecule has 0 heterocycles. The van der Waals surface area contributed by atoms with E-state index in [9.17, 15) is 18.0 Å². The SMILES string of the molecule is C#CC(=O)Oc1ccc(OC(F)(F)F)cc1. The van der Waals surface area contributed by atoms with Gasteiger partial charge in [-0.25, -0.2) is 4.79 Å². The van der Waals surface area contributed by atoms with Gasteiger partial charge in [0.25, 0.3) is 0 Å². The Kier molecular flexibility index (Phi) is 3.40. The van der Waals surface area contributed by atoms with Crippen molar-refractivity contribution in [2.45, 2.75) is 6.36 Å². The maximum absolute atomic E-state index is 11.8. The molecule has 0 fully saturated rings. The largest absolute Gasteiger partial charge is 0.573 e. The Morgan fingerprint density at radius 2 is 1.69 bits per heavy atom. The van der Waals surface area contributed by atoms with Crippen LogP contribution in [0.5, 0.6) is 11.5 Å². The minimum atomic E-state index is -4.75. The number of ether oxygens (including phenoxy) is 2. The highest BCUT2D eigenvalue weighted by molar-refractivity contribution is 5.89. The summed E-state index contributed by atoms with van der Waals surface area (Å²) in [6.07, 6.45) is -0.0179. The third kappa shape index (κ3) is 3.92. The van der Waals surface area contributed by atoms with Crippen LogP contribution in [0.1, 0.15) is 0 Å². The summed E-state index contributed by atoms with van der Waals surface area (Å²) in [6.45, 7) is 0. The highest BCUT2D eigenvalue weighted by Gasteiger charge is 2.30. The third-order valence-corrected chi connectivity index (χ3v) is 1.39. The third-order valence-electron chi connectivity index (χ3n) is 1.39. The van der Waals surface area contributed by atoms with E-state index in [2.05, 4.69) is 9.47 Å². The molecule has 84 valence electrons. The molecule has 0 amide bonds. The van der Waals surface area contributed by atoms with Crippen LogP contribution in [0.3, 0.4) is 0 Å². The van der Waals surface area contributed by atoms with Crippen molar-refractivity contribution in [3.8, 4) is 23.8 Å². The zero-order chi connectivity index (χ0) is 12.2. The second kappa shape index (κ2) is 4.57. The lowest BCUT2D eigenvalue weighted by atomic mass is 10.3. The van der Waals surface area contributed by atoms with Crippen LogP contribution in [0.4, 0.5) is 13.2 Å². The molecule has 1 aromatic rings. The lowest BCUT2D eigenvalue weighted by Crippen LogP contribution is -2.17. The lowest BCUT2D eigenvalue weighted by molar-refractivity contribution is -0.274. The molecule has 1 aromatic carbocycles. The molecule has 16 heavy (non-hydrogen) atoms. The first-order valence-electron chi connectivity index (χ1n) is 3.95. The van der Waals surface area contributed by atoms with E-state index in [0.29, 0.717) is 0 Å². The number of alkyl halides is 3. The van der Waals surface area contributed by atoms with Crippen LogP contribution in [-0.2, 0) is 4.79 Å². The van der Waals surface area contributed by atoms with Gasteiger partial charge in [0.1, 0.15) is 11.5 Å². The molecule has 0 aliphatic heterocycles. The van der Waals surface area contributed by atoms with Crippen molar-refractivity contribution < 1.29 is 27.4 Å². The first-order valence-corrected chi connectivity index (χ1v) is 3.95. The van der Waals surface area contributed by atoms with Gasteiger partial charge in [-0.15, -0.1) is 19.6 Å². The molecular formula is C10H5F3O3. The van der Waals surface area contributed by atoms with E-state index in [1.54, 1.807) is 5.92 Å². The van der Waals surface area contributed by atoms with Gasteiger partial charge in [0.05, 0.1) is 0 Å². The summed E-state index contributed by atoms with van der Waals surface area (Å²) in [4.78, 5) is 10.6. The Bertz CT molecular complexity index is 414. The standard InChI is InChI=1S/C10H5F3O3/c1-2-9(14)15-7-3-5-8(6-4-7)16-10(11,12)13/h1,3-6H. The summed E-state index contributed by atoms with van der Waals surface area (Å²) in [7, 11) is 0. The number of rotatable bonds is 2. The van der Waals surface area contributed by atoms with E-state index in [4.69, 9.17) is 6.42 Å². The van der Waals surface area contributed by atoms with Gasteiger partial charge in [0.15, 0.2) is 0 Å². The Morgan fingerprint density at radius 1 is 1.19 bits per heavy atom. The van der Waals surface area contributed by atoms with E-state index >= 15 is 0 Å². The van der Waals surface area contributed by atoms with Gasteiger partial charge >= 0.3 is 12.3 Å². The molecule has 0 radical (unpaired) electrons. The molecule has 0 saturated heterocycles. The minimum Gasteiger partial charge on any atom is -0.417 e. The average Bonchev–Trinajstić information content (AvgIpc) is 2.18. The van der Waals surface area contributed by atoms with Gasteiger partial charge in [-0.1, -0.05) is 0 Å². The summed E-state index contributed by atoms with van der Waals surface area (Å²) < 4.78 is 43.5. The first-order chi connectivity index (χ1) is 7.40. The molecular weight excluding hydrogens is 225 g/mol. The summed E-state index contributed by atoms with van der Waals surface area (Å²) in [6, 6.07) is 4.28. The molecule has 0 N–H and O–H groups in total. The van der Waals surface area contributed by atoms with Gasteiger partial charge in [0.2, 0.25) is 0 Å². The van der Waals surface area contributed by atoms with Crippen LogP contribution in [0.15, 0.2) is 24.3 Å². The zero-order valence-corrected chi connectivity index (χ0v) is 7.75. The topological polar surface area (TPSA) is 35.5 Å². The maximum Gasteiger partial charge on any atom is 0.573 e. The zero-order valence-electron chi connectivity index (χ0n) is 7.75. The molecule has 0 unspecified atom stereocenters. The van der Waals surface area contributed by atoms with Crippen LogP contribution < -0.4 is 9.47 Å². The highest BCUT2D eigenvalue weighted by Crippen LogP contribution is 2.24. The number of terminal acetylenes is 1. The summed E-state index contributed by atoms with van der Waals surface area (Å²) in [5, 5.41) is 0. The number of carbonyl (C=O) groups excluding carboxylic acids is 1. The molecule has 0 aromatic heterocycles. The first kappa shape index (κ1) is 11.9. The Morgan fingerprint density at radius 3 is 2.12 bits per heavy atom. The highest BCUT2D eigenvalue weighted by atomic mass is 19.4. The van der Waals surface area contributed by atoms with Crippen molar-refractivity contribution in [1.82, 2.24) is 0 Å². The smallest absolute Gasteiger partial charge is 0.417 e. The van der Waals surface area contributed by atoms with Crippen LogP contribution in [0, 0.1) is 12.3 Å². The number of halogens is 3. The van der Waals surface area contributed by atoms with Gasteiger partial charge in [-0.05, 0) is 24.3 Å². The Balaban J connectivity index is 2.69. The average molecular weight is 230 g/mol. The molecule has 0 atom stereocenters. The van der Waals surface area contributed by atoms with Gasteiger partial charge in [-0.3, -0.25) is 0 Å². The summed E-state index contributed by atoms with van der Waals surface area (Å²) in [5.41, 5.74) is 0. The van der Waals surface area contributed by atoms with Crippen LogP contribution in [-0.4, -0.2) is 12.3 Å². The minimum absolute atomic E-state index is 0.0393. The molecule has 0 aliphatic rings. The predicted molar refractivity (Wildman–Crippen MR) is 47.6 cm³/mol. The summed E-state index contributed by atoms with van der Waals surface area (Å²) >= 11 is 0. The fourth-order valence-corrected chi connectivity index (χ4v) is 0.846. The fraction of sp³-hybridized carbons (Fsp3) is 0.100. The second-order valence-corrected chi connectivity index (χ2v) is 2.55. The lowest BCUT2D eigenvalue weighted by Gasteiger charge is -2.08. The van der Waals surface area contributed by atoms with Crippen molar-refractivity contribution in [2.24, 2.45) is 0 Å². The Hall–Kier alpha value is -2.16. The number of hydrogen-bond acceptors (Lipinski definition) is 3. The maximum atomic E-state index is 11.8. The van der Waals surface area contributed by atoms with E-state index in [0.717, 1.165) is 24.3 Å². The van der Waals surface area contributed by atoms with Gasteiger partial charge in [-0.2, -0.15) is 0 Å². The normalized spacial score (nSPS) is 10.4. The van der Waals surface area contributed by atoms with Crippen molar-refractivity contribution in [3.63, 3.8) is 0 Å². The molecule has 0 bridgehead atoms. The van der Waals surface area contributed by atoms with E-state index in [1.165, 1.54) is 0 Å². The van der Waals surface area contributed by atoms with Crippen molar-refractivity contribution >= 4 is 5.97 Å². The van der Waals surface area contributed by atoms with Crippen molar-refractivity contribution in [3.05, 3.63) is 24.3 Å². The van der Waals surface area contributed by atoms with Crippen molar-refractivity contribution in [1.29, 1.82) is 0 Å². The van der Waals surface area contributed by atoms with Crippen molar-refractivity contribution in [2.75, 3.05) is 0 Å². The molecule has 1 rings (SSSR count). The fourth-order valence-electron chi connectivity index (χ4n) is 0.846. The number of esters is 1. The quantitative estimate of drug-likeness (QED) is 0.338. The van der Waals surface area contributed by atoms with E-state index in [-0.39, 0.29) is 5.75 Å². The molecule has 0 spiro atoms. The predicted octanol–water partition coefficient (Wildman–Crippen LogP) is 2.12. The van der Waals surface area contributed by atoms with E-state index in [1.807, 2.05) is 0 Å². The monoisotopic (exact) mass is 230 g/mol. The number of benzene rings is 1. The number of carbonyl (C=O) groups is 1. The summed E-state index contributed by atoms with van der Waals surface area (Å²) in [5.74, 6) is 0.398. The molecule has 0 aliphatic carbocycles. The molecule has 0 saturated carbocycles. The van der Waals surface area contributed by atoms with E-state index < -0.39 is 18.1 Å². The molecule has 3 nitrogen and oxygen atoms in total. The number of hydrogen-bond donors (Lipinski definition) is 0. The van der Waals surface area contributed by atoms with Gasteiger partial charge in [0, 0.05) is 5.92 Å².